The van der Waals surface area contributed by atoms with Crippen molar-refractivity contribution < 1.29 is 14.6 Å². The second kappa shape index (κ2) is 12.1. The molecule has 136 valence electrons. The van der Waals surface area contributed by atoms with E-state index in [2.05, 4.69) is 19.6 Å². The first-order chi connectivity index (χ1) is 11.6. The highest BCUT2D eigenvalue weighted by Crippen LogP contribution is 2.26. The van der Waals surface area contributed by atoms with E-state index in [1.807, 2.05) is 25.1 Å². The van der Waals surface area contributed by atoms with E-state index in [0.29, 0.717) is 12.2 Å². The van der Waals surface area contributed by atoms with Crippen LogP contribution in [0.25, 0.3) is 0 Å². The molecule has 3 nitrogen and oxygen atoms in total. The molecule has 0 saturated heterocycles. The number of rotatable bonds is 14. The van der Waals surface area contributed by atoms with E-state index in [1.165, 1.54) is 38.5 Å². The zero-order valence-electron chi connectivity index (χ0n) is 15.4. The van der Waals surface area contributed by atoms with Crippen molar-refractivity contribution in [1.82, 2.24) is 0 Å². The van der Waals surface area contributed by atoms with Crippen LogP contribution in [0.2, 0.25) is 0 Å². The van der Waals surface area contributed by atoms with Crippen LogP contribution in [0.4, 0.5) is 0 Å². The molecule has 1 unspecified atom stereocenters. The van der Waals surface area contributed by atoms with Crippen LogP contribution < -0.4 is 4.74 Å². The second-order valence-corrected chi connectivity index (χ2v) is 6.25. The zero-order chi connectivity index (χ0) is 17.7. The summed E-state index contributed by atoms with van der Waals surface area (Å²) in [6.07, 6.45) is 11.9. The van der Waals surface area contributed by atoms with Gasteiger partial charge in [0.15, 0.2) is 0 Å². The zero-order valence-corrected chi connectivity index (χ0v) is 15.4. The molecule has 1 N–H and O–H groups in total. The Morgan fingerprint density at radius 2 is 1.71 bits per heavy atom. The lowest BCUT2D eigenvalue weighted by molar-refractivity contribution is -0.316. The van der Waals surface area contributed by atoms with Gasteiger partial charge in [0.1, 0.15) is 5.75 Å². The molecular weight excluding hydrogens is 300 g/mol. The molecule has 0 amide bonds. The van der Waals surface area contributed by atoms with Gasteiger partial charge in [-0.15, -0.1) is 6.58 Å². The average Bonchev–Trinajstić information content (AvgIpc) is 2.60. The molecule has 24 heavy (non-hydrogen) atoms. The van der Waals surface area contributed by atoms with Gasteiger partial charge in [-0.3, -0.25) is 0 Å². The Morgan fingerprint density at radius 1 is 1.04 bits per heavy atom. The Labute approximate surface area is 147 Å². The van der Waals surface area contributed by atoms with Crippen molar-refractivity contribution >= 4 is 0 Å². The average molecular weight is 335 g/mol. The topological polar surface area (TPSA) is 38.7 Å². The van der Waals surface area contributed by atoms with Crippen molar-refractivity contribution in [2.75, 3.05) is 6.61 Å². The molecule has 3 heteroatoms. The lowest BCUT2D eigenvalue weighted by Gasteiger charge is -2.28. The van der Waals surface area contributed by atoms with Crippen molar-refractivity contribution in [1.29, 1.82) is 0 Å². The third kappa shape index (κ3) is 7.98. The number of hydrogen-bond acceptors (Lipinski definition) is 3. The van der Waals surface area contributed by atoms with E-state index >= 15 is 0 Å². The fourth-order valence-electron chi connectivity index (χ4n) is 2.65. The fourth-order valence-corrected chi connectivity index (χ4v) is 2.65. The van der Waals surface area contributed by atoms with Crippen LogP contribution in [-0.4, -0.2) is 17.7 Å². The SMILES string of the molecule is C=CCOC(O)(CC)Oc1ccccc1CCCCCCCCC. The van der Waals surface area contributed by atoms with Gasteiger partial charge in [-0.25, -0.2) is 0 Å². The summed E-state index contributed by atoms with van der Waals surface area (Å²) in [5.74, 6) is -0.887. The third-order valence-corrected chi connectivity index (χ3v) is 4.17. The predicted molar refractivity (Wildman–Crippen MR) is 100 cm³/mol. The van der Waals surface area contributed by atoms with E-state index in [4.69, 9.17) is 9.47 Å². The molecule has 0 spiro atoms. The monoisotopic (exact) mass is 334 g/mol. The predicted octanol–water partition coefficient (Wildman–Crippen LogP) is 5.62. The standard InChI is InChI=1S/C21H34O3/c1-4-7-8-9-10-11-12-15-19-16-13-14-17-20(19)24-21(22,6-3)23-18-5-2/h5,13-14,16-17,22H,2,4,6-12,15,18H2,1,3H3. The van der Waals surface area contributed by atoms with Crippen molar-refractivity contribution in [3.8, 4) is 5.75 Å². The molecule has 0 heterocycles. The van der Waals surface area contributed by atoms with Gasteiger partial charge in [0.05, 0.1) is 6.61 Å². The number of benzene rings is 1. The molecule has 0 bridgehead atoms. The Kier molecular flexibility index (Phi) is 10.4. The van der Waals surface area contributed by atoms with Gasteiger partial charge >= 0.3 is 5.97 Å². The first-order valence-corrected chi connectivity index (χ1v) is 9.39. The number of aryl methyl sites for hydroxylation is 1. The Hall–Kier alpha value is -1.32. The molecule has 0 aliphatic carbocycles. The summed E-state index contributed by atoms with van der Waals surface area (Å²) in [5.41, 5.74) is 1.13. The Bertz CT molecular complexity index is 458. The van der Waals surface area contributed by atoms with Gasteiger partial charge in [-0.1, -0.05) is 76.6 Å². The van der Waals surface area contributed by atoms with Gasteiger partial charge in [-0.2, -0.15) is 0 Å². The van der Waals surface area contributed by atoms with Gasteiger partial charge in [0, 0.05) is 6.42 Å². The summed E-state index contributed by atoms with van der Waals surface area (Å²) >= 11 is 0. The van der Waals surface area contributed by atoms with Crippen LogP contribution in [-0.2, 0) is 11.2 Å². The van der Waals surface area contributed by atoms with Crippen molar-refractivity contribution in [3.05, 3.63) is 42.5 Å². The summed E-state index contributed by atoms with van der Waals surface area (Å²) in [6.45, 7) is 7.94. The molecule has 0 saturated carbocycles. The lowest BCUT2D eigenvalue weighted by Crippen LogP contribution is -2.38. The van der Waals surface area contributed by atoms with E-state index in [1.54, 1.807) is 6.08 Å². The first-order valence-electron chi connectivity index (χ1n) is 9.39. The Balaban J connectivity index is 2.50. The van der Waals surface area contributed by atoms with Gasteiger partial charge in [0.2, 0.25) is 0 Å². The summed E-state index contributed by atoms with van der Waals surface area (Å²) < 4.78 is 11.2. The molecule has 1 atom stereocenters. The number of ether oxygens (including phenoxy) is 2. The smallest absolute Gasteiger partial charge is 0.324 e. The first kappa shape index (κ1) is 20.7. The molecule has 0 fully saturated rings. The van der Waals surface area contributed by atoms with Crippen LogP contribution >= 0.6 is 0 Å². The van der Waals surface area contributed by atoms with Gasteiger partial charge in [0.25, 0.3) is 0 Å². The van der Waals surface area contributed by atoms with Crippen LogP contribution in [0.1, 0.15) is 70.8 Å². The number of para-hydroxylation sites is 1. The Morgan fingerprint density at radius 3 is 2.38 bits per heavy atom. The van der Waals surface area contributed by atoms with Gasteiger partial charge < -0.3 is 14.6 Å². The van der Waals surface area contributed by atoms with E-state index in [0.717, 1.165) is 18.4 Å². The van der Waals surface area contributed by atoms with Crippen LogP contribution in [0, 0.1) is 0 Å². The minimum atomic E-state index is -1.59. The highest BCUT2D eigenvalue weighted by molar-refractivity contribution is 5.33. The minimum Gasteiger partial charge on any atom is -0.439 e. The molecular formula is C21H34O3. The largest absolute Gasteiger partial charge is 0.439 e. The van der Waals surface area contributed by atoms with Crippen molar-refractivity contribution in [2.24, 2.45) is 0 Å². The maximum absolute atomic E-state index is 10.4. The maximum atomic E-state index is 10.4. The fraction of sp³-hybridized carbons (Fsp3) is 0.619. The highest BCUT2D eigenvalue weighted by Gasteiger charge is 2.28. The molecule has 1 rings (SSSR count). The van der Waals surface area contributed by atoms with E-state index in [9.17, 15) is 5.11 Å². The second-order valence-electron chi connectivity index (χ2n) is 6.25. The molecule has 0 aromatic heterocycles. The van der Waals surface area contributed by atoms with E-state index < -0.39 is 5.97 Å². The van der Waals surface area contributed by atoms with Crippen LogP contribution in [0.5, 0.6) is 5.75 Å². The third-order valence-electron chi connectivity index (χ3n) is 4.17. The molecule has 0 radical (unpaired) electrons. The molecule has 0 aliphatic rings. The lowest BCUT2D eigenvalue weighted by atomic mass is 10.0. The number of unbranched alkanes of at least 4 members (excludes halogenated alkanes) is 6. The summed E-state index contributed by atoms with van der Waals surface area (Å²) in [5, 5.41) is 10.4. The van der Waals surface area contributed by atoms with Crippen LogP contribution in [0.15, 0.2) is 36.9 Å². The number of hydrogen-bond donors (Lipinski definition) is 1. The summed E-state index contributed by atoms with van der Waals surface area (Å²) in [4.78, 5) is 0. The number of aliphatic hydroxyl groups is 1. The molecule has 1 aromatic carbocycles. The summed E-state index contributed by atoms with van der Waals surface area (Å²) in [6, 6.07) is 7.90. The van der Waals surface area contributed by atoms with E-state index in [-0.39, 0.29) is 6.61 Å². The molecule has 0 aliphatic heterocycles. The minimum absolute atomic E-state index is 0.254. The van der Waals surface area contributed by atoms with Crippen molar-refractivity contribution in [2.45, 2.75) is 77.6 Å². The highest BCUT2D eigenvalue weighted by atomic mass is 16.8. The summed E-state index contributed by atoms with van der Waals surface area (Å²) in [7, 11) is 0. The van der Waals surface area contributed by atoms with Crippen molar-refractivity contribution in [3.63, 3.8) is 0 Å². The van der Waals surface area contributed by atoms with Crippen LogP contribution in [0.3, 0.4) is 0 Å². The quantitative estimate of drug-likeness (QED) is 0.273. The molecule has 1 aromatic rings. The normalized spacial score (nSPS) is 13.5. The van der Waals surface area contributed by atoms with Gasteiger partial charge in [-0.05, 0) is 24.5 Å². The maximum Gasteiger partial charge on any atom is 0.324 e.